The van der Waals surface area contributed by atoms with Gasteiger partial charge in [-0.3, -0.25) is 0 Å². The lowest BCUT2D eigenvalue weighted by molar-refractivity contribution is -0.118. The van der Waals surface area contributed by atoms with E-state index >= 15 is 0 Å². The first-order chi connectivity index (χ1) is 5.12. The fourth-order valence-electron chi connectivity index (χ4n) is 2.17. The van der Waals surface area contributed by atoms with E-state index in [4.69, 9.17) is 0 Å². The summed E-state index contributed by atoms with van der Waals surface area (Å²) in [6, 6.07) is 1.24. The standard InChI is InChI=1S/C10H22OSi/c1-9(11)7-10(2,3)8-12(4,5)6/h7-8H2,1-6H3. The van der Waals surface area contributed by atoms with Gasteiger partial charge in [0, 0.05) is 14.5 Å². The van der Waals surface area contributed by atoms with Crippen molar-refractivity contribution >= 4 is 13.9 Å². The third-order valence-electron chi connectivity index (χ3n) is 1.74. The van der Waals surface area contributed by atoms with E-state index in [1.165, 1.54) is 6.04 Å². The van der Waals surface area contributed by atoms with Crippen LogP contribution in [0.5, 0.6) is 0 Å². The maximum Gasteiger partial charge on any atom is 0.130 e. The molecule has 0 bridgehead atoms. The molecule has 0 amide bonds. The molecular weight excluding hydrogens is 164 g/mol. The minimum atomic E-state index is -1.01. The van der Waals surface area contributed by atoms with Gasteiger partial charge in [0.15, 0.2) is 0 Å². The van der Waals surface area contributed by atoms with Gasteiger partial charge in [-0.25, -0.2) is 0 Å². The lowest BCUT2D eigenvalue weighted by atomic mass is 9.90. The van der Waals surface area contributed by atoms with E-state index in [-0.39, 0.29) is 5.41 Å². The highest BCUT2D eigenvalue weighted by Crippen LogP contribution is 2.31. The molecular formula is C10H22OSi. The van der Waals surface area contributed by atoms with Gasteiger partial charge in [-0.15, -0.1) is 0 Å². The molecule has 0 aliphatic carbocycles. The zero-order valence-corrected chi connectivity index (χ0v) is 10.3. The maximum absolute atomic E-state index is 11.0. The second-order valence-electron chi connectivity index (χ2n) is 5.78. The minimum Gasteiger partial charge on any atom is -0.300 e. The van der Waals surface area contributed by atoms with Gasteiger partial charge >= 0.3 is 0 Å². The van der Waals surface area contributed by atoms with Crippen molar-refractivity contribution in [2.75, 3.05) is 0 Å². The van der Waals surface area contributed by atoms with E-state index in [1.807, 2.05) is 0 Å². The second-order valence-corrected chi connectivity index (χ2v) is 11.3. The number of rotatable bonds is 4. The van der Waals surface area contributed by atoms with Crippen molar-refractivity contribution in [3.8, 4) is 0 Å². The number of carbonyl (C=O) groups excluding carboxylic acids is 1. The Labute approximate surface area is 77.6 Å². The molecule has 2 heteroatoms. The summed E-state index contributed by atoms with van der Waals surface area (Å²) in [7, 11) is -1.01. The van der Waals surface area contributed by atoms with Crippen LogP contribution in [0.2, 0.25) is 25.7 Å². The van der Waals surface area contributed by atoms with Gasteiger partial charge in [0.05, 0.1) is 0 Å². The Balaban J connectivity index is 4.13. The third-order valence-corrected chi connectivity index (χ3v) is 3.75. The largest absolute Gasteiger partial charge is 0.300 e. The molecule has 0 fully saturated rings. The molecule has 0 N–H and O–H groups in total. The molecule has 0 spiro atoms. The molecule has 1 nitrogen and oxygen atoms in total. The van der Waals surface area contributed by atoms with Crippen LogP contribution in [0.1, 0.15) is 27.2 Å². The van der Waals surface area contributed by atoms with Gasteiger partial charge in [0.2, 0.25) is 0 Å². The van der Waals surface area contributed by atoms with Crippen molar-refractivity contribution in [2.24, 2.45) is 5.41 Å². The van der Waals surface area contributed by atoms with Crippen molar-refractivity contribution in [3.63, 3.8) is 0 Å². The molecule has 0 atom stereocenters. The van der Waals surface area contributed by atoms with E-state index in [2.05, 4.69) is 33.5 Å². The zero-order chi connectivity index (χ0) is 9.99. The van der Waals surface area contributed by atoms with E-state index in [9.17, 15) is 4.79 Å². The quantitative estimate of drug-likeness (QED) is 0.616. The van der Waals surface area contributed by atoms with E-state index < -0.39 is 8.07 Å². The smallest absolute Gasteiger partial charge is 0.130 e. The molecule has 0 radical (unpaired) electrons. The van der Waals surface area contributed by atoms with Gasteiger partial charge < -0.3 is 4.79 Å². The average molecular weight is 186 g/mol. The molecule has 72 valence electrons. The monoisotopic (exact) mass is 186 g/mol. The van der Waals surface area contributed by atoms with E-state index in [0.717, 1.165) is 6.42 Å². The Morgan fingerprint density at radius 3 is 1.92 bits per heavy atom. The van der Waals surface area contributed by atoms with Gasteiger partial charge in [0.25, 0.3) is 0 Å². The molecule has 0 saturated carbocycles. The Bertz CT molecular complexity index is 165. The highest BCUT2D eigenvalue weighted by Gasteiger charge is 2.27. The summed E-state index contributed by atoms with van der Waals surface area (Å²) in [4.78, 5) is 11.0. The van der Waals surface area contributed by atoms with E-state index in [1.54, 1.807) is 6.92 Å². The lowest BCUT2D eigenvalue weighted by Crippen LogP contribution is -2.29. The topological polar surface area (TPSA) is 17.1 Å². The molecule has 0 aliphatic rings. The van der Waals surface area contributed by atoms with Crippen molar-refractivity contribution in [2.45, 2.75) is 52.9 Å². The van der Waals surface area contributed by atoms with E-state index in [0.29, 0.717) is 5.78 Å². The summed E-state index contributed by atoms with van der Waals surface area (Å²) in [6.07, 6.45) is 0.733. The number of Topliss-reactive ketones (excluding diaryl/α,β-unsaturated/α-hetero) is 1. The predicted molar refractivity (Wildman–Crippen MR) is 57.2 cm³/mol. The first-order valence-electron chi connectivity index (χ1n) is 4.62. The highest BCUT2D eigenvalue weighted by atomic mass is 28.3. The van der Waals surface area contributed by atoms with Gasteiger partial charge in [-0.1, -0.05) is 39.5 Å². The summed E-state index contributed by atoms with van der Waals surface area (Å²) >= 11 is 0. The van der Waals surface area contributed by atoms with Crippen molar-refractivity contribution in [1.29, 1.82) is 0 Å². The zero-order valence-electron chi connectivity index (χ0n) is 9.32. The summed E-state index contributed by atoms with van der Waals surface area (Å²) in [5, 5.41) is 0. The average Bonchev–Trinajstić information content (AvgIpc) is 1.48. The molecule has 0 heterocycles. The first kappa shape index (κ1) is 11.9. The van der Waals surface area contributed by atoms with Crippen LogP contribution in [0, 0.1) is 5.41 Å². The number of ketones is 1. The Hall–Kier alpha value is -0.113. The third kappa shape index (κ3) is 6.59. The summed E-state index contributed by atoms with van der Waals surface area (Å²) < 4.78 is 0. The number of hydrogen-bond acceptors (Lipinski definition) is 1. The SMILES string of the molecule is CC(=O)CC(C)(C)C[Si](C)(C)C. The number of hydrogen-bond donors (Lipinski definition) is 0. The van der Waals surface area contributed by atoms with Crippen LogP contribution in [0.15, 0.2) is 0 Å². The molecule has 0 aromatic carbocycles. The second kappa shape index (κ2) is 3.73. The fraction of sp³-hybridized carbons (Fsp3) is 0.900. The van der Waals surface area contributed by atoms with Crippen LogP contribution in [-0.4, -0.2) is 13.9 Å². The van der Waals surface area contributed by atoms with Crippen LogP contribution >= 0.6 is 0 Å². The van der Waals surface area contributed by atoms with Crippen LogP contribution in [0.3, 0.4) is 0 Å². The Morgan fingerprint density at radius 1 is 1.25 bits per heavy atom. The minimum absolute atomic E-state index is 0.219. The molecule has 0 rings (SSSR count). The van der Waals surface area contributed by atoms with Crippen LogP contribution < -0.4 is 0 Å². The summed E-state index contributed by atoms with van der Waals surface area (Å²) in [6.45, 7) is 13.2. The molecule has 0 aromatic heterocycles. The van der Waals surface area contributed by atoms with Crippen molar-refractivity contribution in [3.05, 3.63) is 0 Å². The maximum atomic E-state index is 11.0. The summed E-state index contributed by atoms with van der Waals surface area (Å²) in [5.41, 5.74) is 0.219. The first-order valence-corrected chi connectivity index (χ1v) is 8.33. The Kier molecular flexibility index (Phi) is 3.70. The van der Waals surface area contributed by atoms with Gasteiger partial charge in [-0.05, 0) is 12.3 Å². The van der Waals surface area contributed by atoms with Gasteiger partial charge in [0.1, 0.15) is 5.78 Å². The molecule has 0 saturated heterocycles. The molecule has 0 aromatic rings. The molecule has 12 heavy (non-hydrogen) atoms. The molecule has 0 aliphatic heterocycles. The highest BCUT2D eigenvalue weighted by molar-refractivity contribution is 6.76. The van der Waals surface area contributed by atoms with Crippen LogP contribution in [0.4, 0.5) is 0 Å². The Morgan fingerprint density at radius 2 is 1.67 bits per heavy atom. The lowest BCUT2D eigenvalue weighted by Gasteiger charge is -2.30. The van der Waals surface area contributed by atoms with Crippen molar-refractivity contribution in [1.82, 2.24) is 0 Å². The van der Waals surface area contributed by atoms with Crippen molar-refractivity contribution < 1.29 is 4.79 Å². The predicted octanol–water partition coefficient (Wildman–Crippen LogP) is 3.33. The fourth-order valence-corrected chi connectivity index (χ4v) is 5.17. The van der Waals surface area contributed by atoms with Gasteiger partial charge in [-0.2, -0.15) is 0 Å². The van der Waals surface area contributed by atoms with Crippen LogP contribution in [0.25, 0.3) is 0 Å². The normalized spacial score (nSPS) is 13.2. The van der Waals surface area contributed by atoms with Crippen LogP contribution in [-0.2, 0) is 4.79 Å². The number of carbonyl (C=O) groups is 1. The molecule has 0 unspecified atom stereocenters. The summed E-state index contributed by atoms with van der Waals surface area (Å²) in [5.74, 6) is 0.318.